The third-order valence-corrected chi connectivity index (χ3v) is 6.89. The molecule has 2 saturated heterocycles. The molecule has 32 heavy (non-hydrogen) atoms. The van der Waals surface area contributed by atoms with Crippen LogP contribution in [-0.4, -0.2) is 48.1 Å². The molecule has 3 aliphatic rings. The number of hydrogen-bond donors (Lipinski definition) is 0. The summed E-state index contributed by atoms with van der Waals surface area (Å²) in [7, 11) is 1.67. The number of nitrogens with zero attached hydrogens (tertiary/aromatic N) is 3. The Balaban J connectivity index is 1.20. The summed E-state index contributed by atoms with van der Waals surface area (Å²) in [6.45, 7) is 4.05. The molecule has 0 bridgehead atoms. The molecule has 7 heteroatoms. The maximum Gasteiger partial charge on any atom is 0.231 e. The SMILES string of the molecule is COc1cc(CN2CCC(n3c([C@@H]4CCCO4)nc4ccccc43)CC2)cc2c1OCO2. The highest BCUT2D eigenvalue weighted by atomic mass is 16.7. The van der Waals surface area contributed by atoms with Gasteiger partial charge < -0.3 is 23.5 Å². The Morgan fingerprint density at radius 2 is 1.97 bits per heavy atom. The number of likely N-dealkylation sites (tertiary alicyclic amines) is 1. The number of rotatable bonds is 5. The van der Waals surface area contributed by atoms with Crippen molar-refractivity contribution in [1.82, 2.24) is 14.5 Å². The van der Waals surface area contributed by atoms with Gasteiger partial charge in [-0.15, -0.1) is 0 Å². The zero-order valence-electron chi connectivity index (χ0n) is 18.5. The van der Waals surface area contributed by atoms with E-state index in [0.717, 1.165) is 74.8 Å². The van der Waals surface area contributed by atoms with Gasteiger partial charge in [0.05, 0.1) is 18.1 Å². The van der Waals surface area contributed by atoms with Crippen molar-refractivity contribution >= 4 is 11.0 Å². The van der Waals surface area contributed by atoms with Crippen LogP contribution < -0.4 is 14.2 Å². The molecule has 3 aliphatic heterocycles. The van der Waals surface area contributed by atoms with Crippen LogP contribution in [0.15, 0.2) is 36.4 Å². The maximum atomic E-state index is 6.03. The van der Waals surface area contributed by atoms with Gasteiger partial charge in [0.2, 0.25) is 12.5 Å². The summed E-state index contributed by atoms with van der Waals surface area (Å²) in [6, 6.07) is 13.1. The Labute approximate surface area is 187 Å². The monoisotopic (exact) mass is 435 g/mol. The van der Waals surface area contributed by atoms with Gasteiger partial charge in [0.15, 0.2) is 11.5 Å². The average Bonchev–Trinajstić information content (AvgIpc) is 3.58. The number of piperidine rings is 1. The number of benzene rings is 2. The first kappa shape index (κ1) is 19.9. The van der Waals surface area contributed by atoms with Crippen LogP contribution >= 0.6 is 0 Å². The molecule has 3 aromatic rings. The Kier molecular flexibility index (Phi) is 5.15. The first-order valence-electron chi connectivity index (χ1n) is 11.6. The number of para-hydroxylation sites is 2. The van der Waals surface area contributed by atoms with Crippen molar-refractivity contribution in [3.8, 4) is 17.2 Å². The highest BCUT2D eigenvalue weighted by Gasteiger charge is 2.30. The van der Waals surface area contributed by atoms with E-state index in [-0.39, 0.29) is 12.9 Å². The molecule has 0 radical (unpaired) electrons. The quantitative estimate of drug-likeness (QED) is 0.590. The van der Waals surface area contributed by atoms with Gasteiger partial charge in [-0.2, -0.15) is 0 Å². The van der Waals surface area contributed by atoms with E-state index >= 15 is 0 Å². The van der Waals surface area contributed by atoms with Crippen LogP contribution in [0.3, 0.4) is 0 Å². The molecule has 2 aromatic carbocycles. The summed E-state index contributed by atoms with van der Waals surface area (Å²) in [4.78, 5) is 7.51. The second kappa shape index (κ2) is 8.30. The number of imidazole rings is 1. The maximum absolute atomic E-state index is 6.03. The van der Waals surface area contributed by atoms with Gasteiger partial charge in [-0.05, 0) is 55.5 Å². The van der Waals surface area contributed by atoms with E-state index in [2.05, 4.69) is 45.9 Å². The Morgan fingerprint density at radius 1 is 1.09 bits per heavy atom. The van der Waals surface area contributed by atoms with E-state index in [1.165, 1.54) is 11.1 Å². The van der Waals surface area contributed by atoms with Crippen molar-refractivity contribution in [1.29, 1.82) is 0 Å². The van der Waals surface area contributed by atoms with Crippen LogP contribution in [0.1, 0.15) is 49.2 Å². The van der Waals surface area contributed by atoms with E-state index < -0.39 is 0 Å². The number of aromatic nitrogens is 2. The lowest BCUT2D eigenvalue weighted by atomic mass is 10.0. The minimum atomic E-state index is 0.126. The standard InChI is InChI=1S/C25H29N3O4/c1-29-22-13-17(14-23-24(22)32-16-31-23)15-27-10-8-18(9-11-27)28-20-6-3-2-5-19(20)26-25(28)21-7-4-12-30-21/h2-3,5-6,13-14,18,21H,4,7-12,15-16H2,1H3/t21-/m0/s1. The normalized spacial score (nSPS) is 21.5. The van der Waals surface area contributed by atoms with Crippen molar-refractivity contribution in [2.75, 3.05) is 33.6 Å². The van der Waals surface area contributed by atoms with E-state index in [1.54, 1.807) is 7.11 Å². The Hall–Kier alpha value is -2.77. The smallest absolute Gasteiger partial charge is 0.231 e. The van der Waals surface area contributed by atoms with Gasteiger partial charge in [0, 0.05) is 32.3 Å². The molecule has 7 nitrogen and oxygen atoms in total. The van der Waals surface area contributed by atoms with E-state index in [1.807, 2.05) is 0 Å². The number of methoxy groups -OCH3 is 1. The molecule has 4 heterocycles. The van der Waals surface area contributed by atoms with E-state index in [4.69, 9.17) is 23.9 Å². The number of ether oxygens (including phenoxy) is 4. The first-order valence-corrected chi connectivity index (χ1v) is 11.6. The van der Waals surface area contributed by atoms with Gasteiger partial charge in [-0.25, -0.2) is 4.98 Å². The minimum absolute atomic E-state index is 0.126. The van der Waals surface area contributed by atoms with Crippen molar-refractivity contribution in [3.05, 3.63) is 47.8 Å². The molecule has 2 fully saturated rings. The van der Waals surface area contributed by atoms with Gasteiger partial charge in [-0.1, -0.05) is 12.1 Å². The van der Waals surface area contributed by atoms with Crippen LogP contribution in [0.4, 0.5) is 0 Å². The lowest BCUT2D eigenvalue weighted by Crippen LogP contribution is -2.34. The molecule has 1 atom stereocenters. The molecule has 6 rings (SSSR count). The Morgan fingerprint density at radius 3 is 2.78 bits per heavy atom. The first-order chi connectivity index (χ1) is 15.8. The zero-order chi connectivity index (χ0) is 21.5. The lowest BCUT2D eigenvalue weighted by Gasteiger charge is -2.34. The second-order valence-corrected chi connectivity index (χ2v) is 8.87. The Bertz CT molecular complexity index is 1110. The van der Waals surface area contributed by atoms with Crippen molar-refractivity contribution in [3.63, 3.8) is 0 Å². The van der Waals surface area contributed by atoms with Gasteiger partial charge in [-0.3, -0.25) is 4.90 Å². The highest BCUT2D eigenvalue weighted by molar-refractivity contribution is 5.76. The third-order valence-electron chi connectivity index (χ3n) is 6.89. The second-order valence-electron chi connectivity index (χ2n) is 8.87. The number of fused-ring (bicyclic) bond motifs is 2. The average molecular weight is 436 g/mol. The molecular formula is C25H29N3O4. The van der Waals surface area contributed by atoms with Gasteiger partial charge >= 0.3 is 0 Å². The molecule has 0 N–H and O–H groups in total. The van der Waals surface area contributed by atoms with Gasteiger partial charge in [0.1, 0.15) is 11.9 Å². The van der Waals surface area contributed by atoms with Crippen molar-refractivity contribution in [2.45, 2.75) is 44.4 Å². The van der Waals surface area contributed by atoms with Crippen LogP contribution in [0, 0.1) is 0 Å². The fourth-order valence-electron chi connectivity index (χ4n) is 5.32. The van der Waals surface area contributed by atoms with Gasteiger partial charge in [0.25, 0.3) is 0 Å². The molecule has 0 unspecified atom stereocenters. The van der Waals surface area contributed by atoms with E-state index in [0.29, 0.717) is 11.8 Å². The molecular weight excluding hydrogens is 406 g/mol. The molecule has 1 aromatic heterocycles. The fourth-order valence-corrected chi connectivity index (χ4v) is 5.32. The number of hydrogen-bond acceptors (Lipinski definition) is 6. The molecule has 0 spiro atoms. The predicted octanol–water partition coefficient (Wildman–Crippen LogP) is 4.46. The fraction of sp³-hybridized carbons (Fsp3) is 0.480. The largest absolute Gasteiger partial charge is 0.493 e. The minimum Gasteiger partial charge on any atom is -0.493 e. The van der Waals surface area contributed by atoms with Crippen LogP contribution in [-0.2, 0) is 11.3 Å². The summed E-state index contributed by atoms with van der Waals surface area (Å²) < 4.78 is 25.1. The molecule has 168 valence electrons. The summed E-state index contributed by atoms with van der Waals surface area (Å²) in [5, 5.41) is 0. The third kappa shape index (κ3) is 3.49. The van der Waals surface area contributed by atoms with Crippen LogP contribution in [0.2, 0.25) is 0 Å². The predicted molar refractivity (Wildman–Crippen MR) is 120 cm³/mol. The summed E-state index contributed by atoms with van der Waals surface area (Å²) in [6.07, 6.45) is 4.50. The van der Waals surface area contributed by atoms with Crippen molar-refractivity contribution < 1.29 is 18.9 Å². The lowest BCUT2D eigenvalue weighted by molar-refractivity contribution is 0.0971. The summed E-state index contributed by atoms with van der Waals surface area (Å²) in [5.74, 6) is 3.35. The van der Waals surface area contributed by atoms with Crippen molar-refractivity contribution in [2.24, 2.45) is 0 Å². The topological polar surface area (TPSA) is 58.0 Å². The molecule has 0 amide bonds. The summed E-state index contributed by atoms with van der Waals surface area (Å²) >= 11 is 0. The highest BCUT2D eigenvalue weighted by Crippen LogP contribution is 2.42. The van der Waals surface area contributed by atoms with E-state index in [9.17, 15) is 0 Å². The van der Waals surface area contributed by atoms with Crippen LogP contribution in [0.5, 0.6) is 17.2 Å². The molecule has 0 saturated carbocycles. The van der Waals surface area contributed by atoms with Crippen LogP contribution in [0.25, 0.3) is 11.0 Å². The summed E-state index contributed by atoms with van der Waals surface area (Å²) in [5.41, 5.74) is 3.50. The molecule has 0 aliphatic carbocycles. The zero-order valence-corrected chi connectivity index (χ0v) is 18.5.